The summed E-state index contributed by atoms with van der Waals surface area (Å²) in [6.07, 6.45) is -5.67. The fourth-order valence-corrected chi connectivity index (χ4v) is 2.11. The van der Waals surface area contributed by atoms with Crippen LogP contribution in [0.15, 0.2) is 11.5 Å². The smallest absolute Gasteiger partial charge is 0.345 e. The van der Waals surface area contributed by atoms with Crippen LogP contribution in [0.4, 0.5) is 22.0 Å². The molecule has 9 heteroatoms. The van der Waals surface area contributed by atoms with Gasteiger partial charge in [-0.3, -0.25) is 9.59 Å². The van der Waals surface area contributed by atoms with Gasteiger partial charge < -0.3 is 10.2 Å². The number of amides is 2. The highest BCUT2D eigenvalue weighted by Gasteiger charge is 2.77. The average Bonchev–Trinajstić information content (AvgIpc) is 2.28. The van der Waals surface area contributed by atoms with Crippen molar-refractivity contribution < 1.29 is 31.5 Å². The van der Waals surface area contributed by atoms with Crippen molar-refractivity contribution in [2.24, 2.45) is 0 Å². The van der Waals surface area contributed by atoms with Gasteiger partial charge >= 0.3 is 11.8 Å². The van der Waals surface area contributed by atoms with Crippen molar-refractivity contribution in [3.8, 4) is 0 Å². The van der Waals surface area contributed by atoms with E-state index < -0.39 is 46.3 Å². The maximum atomic E-state index is 14.3. The molecule has 4 nitrogen and oxygen atoms in total. The van der Waals surface area contributed by atoms with Crippen molar-refractivity contribution in [3.05, 3.63) is 11.5 Å². The predicted octanol–water partition coefficient (Wildman–Crippen LogP) is 2.99. The van der Waals surface area contributed by atoms with Crippen LogP contribution in [0.2, 0.25) is 0 Å². The van der Waals surface area contributed by atoms with E-state index in [9.17, 15) is 31.5 Å². The molecule has 2 amide bonds. The number of rotatable bonds is 1. The molecule has 0 aliphatic carbocycles. The zero-order valence-electron chi connectivity index (χ0n) is 13.7. The Hall–Kier alpha value is -1.67. The van der Waals surface area contributed by atoms with Gasteiger partial charge in [-0.2, -0.15) is 17.6 Å². The van der Waals surface area contributed by atoms with Gasteiger partial charge in [0, 0.05) is 11.1 Å². The third kappa shape index (κ3) is 3.18. The van der Waals surface area contributed by atoms with E-state index in [1.54, 1.807) is 0 Å². The fourth-order valence-electron chi connectivity index (χ4n) is 2.11. The van der Waals surface area contributed by atoms with Crippen LogP contribution < -0.4 is 5.32 Å². The predicted molar refractivity (Wildman–Crippen MR) is 72.5 cm³/mol. The van der Waals surface area contributed by atoms with E-state index in [1.165, 1.54) is 41.5 Å². The van der Waals surface area contributed by atoms with E-state index in [4.69, 9.17) is 0 Å². The van der Waals surface area contributed by atoms with E-state index >= 15 is 0 Å². The van der Waals surface area contributed by atoms with Crippen LogP contribution in [0, 0.1) is 0 Å². The molecule has 0 saturated carbocycles. The summed E-state index contributed by atoms with van der Waals surface area (Å²) in [7, 11) is 0. The summed E-state index contributed by atoms with van der Waals surface area (Å²) >= 11 is 0. The van der Waals surface area contributed by atoms with Gasteiger partial charge in [0.1, 0.15) is 5.70 Å². The zero-order valence-corrected chi connectivity index (χ0v) is 13.7. The second-order valence-electron chi connectivity index (χ2n) is 7.33. The average molecular weight is 342 g/mol. The highest BCUT2D eigenvalue weighted by molar-refractivity contribution is 6.04. The Bertz CT molecular complexity index is 569. The van der Waals surface area contributed by atoms with Crippen molar-refractivity contribution in [1.82, 2.24) is 10.2 Å². The Labute approximate surface area is 130 Å². The fraction of sp³-hybridized carbons (Fsp3) is 0.714. The normalized spacial score (nSPS) is 25.2. The lowest BCUT2D eigenvalue weighted by Gasteiger charge is -2.52. The molecule has 132 valence electrons. The molecule has 1 saturated heterocycles. The van der Waals surface area contributed by atoms with Crippen molar-refractivity contribution >= 4 is 11.8 Å². The third-order valence-electron chi connectivity index (χ3n) is 3.00. The standard InChI is InChI=1S/C14H19F5N2O2/c1-11(2,3)20-9(22)7(15)8-13(16,14(17,18)19)10(23)21(8)12(4,5)6/h1-6H3,(H,20,22)/b8-7+. The van der Waals surface area contributed by atoms with Gasteiger partial charge in [0.25, 0.3) is 11.8 Å². The Balaban J connectivity index is 3.48. The van der Waals surface area contributed by atoms with Gasteiger partial charge in [-0.05, 0) is 41.5 Å². The van der Waals surface area contributed by atoms with E-state index in [0.717, 1.165) is 0 Å². The molecule has 1 N–H and O–H groups in total. The molecule has 0 bridgehead atoms. The highest BCUT2D eigenvalue weighted by Crippen LogP contribution is 2.53. The molecule has 1 atom stereocenters. The lowest BCUT2D eigenvalue weighted by molar-refractivity contribution is -0.247. The summed E-state index contributed by atoms with van der Waals surface area (Å²) in [4.78, 5) is 23.8. The Kier molecular flexibility index (Phi) is 4.36. The van der Waals surface area contributed by atoms with Crippen LogP contribution >= 0.6 is 0 Å². The molecule has 1 heterocycles. The number of nitrogens with one attached hydrogen (secondary N) is 1. The molecule has 1 rings (SSSR count). The number of hydrogen-bond acceptors (Lipinski definition) is 2. The molecular weight excluding hydrogens is 323 g/mol. The molecule has 0 aromatic heterocycles. The molecule has 23 heavy (non-hydrogen) atoms. The summed E-state index contributed by atoms with van der Waals surface area (Å²) in [5.74, 6) is -5.42. The van der Waals surface area contributed by atoms with Crippen LogP contribution in [0.25, 0.3) is 0 Å². The lowest BCUT2D eigenvalue weighted by Crippen LogP contribution is -2.73. The largest absolute Gasteiger partial charge is 0.437 e. The highest BCUT2D eigenvalue weighted by atomic mass is 19.4. The summed E-state index contributed by atoms with van der Waals surface area (Å²) in [6.45, 7) is 8.33. The van der Waals surface area contributed by atoms with Crippen molar-refractivity contribution in [1.29, 1.82) is 0 Å². The molecule has 1 unspecified atom stereocenters. The molecular formula is C14H19F5N2O2. The first kappa shape index (κ1) is 19.4. The van der Waals surface area contributed by atoms with E-state index in [0.29, 0.717) is 4.90 Å². The number of likely N-dealkylation sites (tertiary alicyclic amines) is 1. The first-order valence-corrected chi connectivity index (χ1v) is 6.77. The molecule has 0 aromatic rings. The number of hydrogen-bond donors (Lipinski definition) is 1. The number of alkyl halides is 4. The number of halogens is 5. The van der Waals surface area contributed by atoms with Gasteiger partial charge in [0.15, 0.2) is 0 Å². The number of carbonyl (C=O) groups excluding carboxylic acids is 2. The molecule has 0 spiro atoms. The molecule has 1 aliphatic heterocycles. The number of β-lactam (4-membered cyclic amide) rings is 1. The molecule has 0 aromatic carbocycles. The van der Waals surface area contributed by atoms with E-state index in [-0.39, 0.29) is 0 Å². The Morgan fingerprint density at radius 1 is 1.09 bits per heavy atom. The first-order valence-electron chi connectivity index (χ1n) is 6.77. The monoisotopic (exact) mass is 342 g/mol. The number of nitrogens with zero attached hydrogens (tertiary/aromatic N) is 1. The van der Waals surface area contributed by atoms with Crippen LogP contribution in [0.5, 0.6) is 0 Å². The molecule has 1 aliphatic rings. The van der Waals surface area contributed by atoms with Gasteiger partial charge in [-0.25, -0.2) is 4.39 Å². The molecule has 1 fully saturated rings. The maximum absolute atomic E-state index is 14.3. The number of carbonyl (C=O) groups is 2. The van der Waals surface area contributed by atoms with Crippen molar-refractivity contribution in [2.45, 2.75) is 64.5 Å². The van der Waals surface area contributed by atoms with Crippen LogP contribution in [-0.2, 0) is 9.59 Å². The summed E-state index contributed by atoms with van der Waals surface area (Å²) < 4.78 is 67.4. The van der Waals surface area contributed by atoms with Crippen LogP contribution in [-0.4, -0.2) is 39.6 Å². The SMILES string of the molecule is CC(C)(C)NC(=O)/C(F)=C1\N(C(C)(C)C)C(=O)C1(F)C(F)(F)F. The summed E-state index contributed by atoms with van der Waals surface area (Å²) in [5, 5.41) is 2.10. The maximum Gasteiger partial charge on any atom is 0.437 e. The second-order valence-corrected chi connectivity index (χ2v) is 7.33. The zero-order chi connectivity index (χ0) is 18.6. The minimum Gasteiger partial charge on any atom is -0.345 e. The summed E-state index contributed by atoms with van der Waals surface area (Å²) in [5.41, 5.74) is -8.41. The molecule has 0 radical (unpaired) electrons. The van der Waals surface area contributed by atoms with Crippen LogP contribution in [0.1, 0.15) is 41.5 Å². The first-order chi connectivity index (χ1) is 9.94. The third-order valence-corrected chi connectivity index (χ3v) is 3.00. The summed E-state index contributed by atoms with van der Waals surface area (Å²) in [6, 6.07) is 0. The second kappa shape index (κ2) is 5.17. The van der Waals surface area contributed by atoms with Gasteiger partial charge in [0.05, 0.1) is 0 Å². The van der Waals surface area contributed by atoms with Crippen LogP contribution in [0.3, 0.4) is 0 Å². The van der Waals surface area contributed by atoms with E-state index in [2.05, 4.69) is 5.32 Å². The lowest BCUT2D eigenvalue weighted by atomic mass is 9.82. The minimum absolute atomic E-state index is 0.318. The van der Waals surface area contributed by atoms with Gasteiger partial charge in [0.2, 0.25) is 5.83 Å². The van der Waals surface area contributed by atoms with Gasteiger partial charge in [-0.1, -0.05) is 0 Å². The quantitative estimate of drug-likeness (QED) is 0.452. The minimum atomic E-state index is -5.67. The van der Waals surface area contributed by atoms with Gasteiger partial charge in [-0.15, -0.1) is 0 Å². The van der Waals surface area contributed by atoms with Crippen molar-refractivity contribution in [2.75, 3.05) is 0 Å². The Morgan fingerprint density at radius 3 is 1.83 bits per heavy atom. The topological polar surface area (TPSA) is 49.4 Å². The Morgan fingerprint density at radius 2 is 1.52 bits per heavy atom. The van der Waals surface area contributed by atoms with E-state index in [1.807, 2.05) is 0 Å². The van der Waals surface area contributed by atoms with Crippen molar-refractivity contribution in [3.63, 3.8) is 0 Å².